The summed E-state index contributed by atoms with van der Waals surface area (Å²) in [5, 5.41) is 4.02. The van der Waals surface area contributed by atoms with Crippen molar-refractivity contribution in [3.8, 4) is 0 Å². The Hall–Kier alpha value is 0.210. The summed E-state index contributed by atoms with van der Waals surface area (Å²) in [5.41, 5.74) is 0. The second kappa shape index (κ2) is 4.63. The second-order valence-corrected chi connectivity index (χ2v) is 4.85. The van der Waals surface area contributed by atoms with Crippen LogP contribution in [0.25, 0.3) is 0 Å². The minimum atomic E-state index is 0.437. The topological polar surface area (TPSA) is 21.3 Å². The molecule has 1 aliphatic carbocycles. The van der Waals surface area contributed by atoms with Gasteiger partial charge in [-0.3, -0.25) is 0 Å². The van der Waals surface area contributed by atoms with Gasteiger partial charge in [0, 0.05) is 24.6 Å². The van der Waals surface area contributed by atoms with Gasteiger partial charge in [0.05, 0.1) is 0 Å². The number of nitrogens with one attached hydrogen (secondary N) is 1. The van der Waals surface area contributed by atoms with Crippen LogP contribution < -0.4 is 5.32 Å². The summed E-state index contributed by atoms with van der Waals surface area (Å²) in [5.74, 6) is 0.836. The van der Waals surface area contributed by atoms with Gasteiger partial charge in [0.1, 0.15) is 0 Å². The van der Waals surface area contributed by atoms with E-state index < -0.39 is 0 Å². The number of alkyl halides is 1. The van der Waals surface area contributed by atoms with Crippen LogP contribution in [-0.4, -0.2) is 31.2 Å². The second-order valence-electron chi connectivity index (χ2n) is 4.23. The predicted molar refractivity (Wildman–Crippen MR) is 54.2 cm³/mol. The highest BCUT2D eigenvalue weighted by Crippen LogP contribution is 2.25. The number of hydrogen-bond acceptors (Lipinski definition) is 2. The van der Waals surface area contributed by atoms with E-state index in [9.17, 15) is 0 Å². The van der Waals surface area contributed by atoms with Gasteiger partial charge in [-0.25, -0.2) is 0 Å². The largest absolute Gasteiger partial charge is 0.381 e. The summed E-state index contributed by atoms with van der Waals surface area (Å²) in [7, 11) is 0. The van der Waals surface area contributed by atoms with Crippen molar-refractivity contribution in [1.82, 2.24) is 5.32 Å². The zero-order valence-corrected chi connectivity index (χ0v) is 8.72. The van der Waals surface area contributed by atoms with E-state index >= 15 is 0 Å². The van der Waals surface area contributed by atoms with Crippen molar-refractivity contribution in [2.45, 2.75) is 37.1 Å². The number of halogens is 1. The van der Waals surface area contributed by atoms with Crippen LogP contribution in [0.15, 0.2) is 0 Å². The SMILES string of the molecule is ClC1CC(NCC2CCOCC2)C1. The van der Waals surface area contributed by atoms with Crippen molar-refractivity contribution in [2.24, 2.45) is 5.92 Å². The highest BCUT2D eigenvalue weighted by Gasteiger charge is 2.27. The average molecular weight is 204 g/mol. The third kappa shape index (κ3) is 2.83. The van der Waals surface area contributed by atoms with Crippen molar-refractivity contribution >= 4 is 11.6 Å². The first-order chi connectivity index (χ1) is 6.34. The van der Waals surface area contributed by atoms with E-state index in [4.69, 9.17) is 16.3 Å². The zero-order chi connectivity index (χ0) is 9.10. The van der Waals surface area contributed by atoms with Gasteiger partial charge in [0.2, 0.25) is 0 Å². The monoisotopic (exact) mass is 203 g/mol. The molecule has 0 amide bonds. The highest BCUT2D eigenvalue weighted by atomic mass is 35.5. The molecule has 1 aliphatic heterocycles. The van der Waals surface area contributed by atoms with E-state index in [1.807, 2.05) is 0 Å². The van der Waals surface area contributed by atoms with Gasteiger partial charge in [0.25, 0.3) is 0 Å². The molecule has 1 saturated heterocycles. The fourth-order valence-corrected chi connectivity index (χ4v) is 2.43. The van der Waals surface area contributed by atoms with Crippen LogP contribution in [0.1, 0.15) is 25.7 Å². The van der Waals surface area contributed by atoms with Gasteiger partial charge in [-0.2, -0.15) is 0 Å². The molecule has 76 valence electrons. The van der Waals surface area contributed by atoms with E-state index in [1.54, 1.807) is 0 Å². The molecule has 0 atom stereocenters. The van der Waals surface area contributed by atoms with Crippen LogP contribution in [-0.2, 0) is 4.74 Å². The molecule has 0 unspecified atom stereocenters. The van der Waals surface area contributed by atoms with Gasteiger partial charge >= 0.3 is 0 Å². The van der Waals surface area contributed by atoms with Gasteiger partial charge in [-0.15, -0.1) is 11.6 Å². The standard InChI is InChI=1S/C10H18ClNO/c11-9-5-10(6-9)12-7-8-1-3-13-4-2-8/h8-10,12H,1-7H2. The Bertz CT molecular complexity index is 153. The fourth-order valence-electron chi connectivity index (χ4n) is 2.00. The lowest BCUT2D eigenvalue weighted by molar-refractivity contribution is 0.0645. The molecule has 2 nitrogen and oxygen atoms in total. The first-order valence-electron chi connectivity index (χ1n) is 5.30. The maximum absolute atomic E-state index is 5.91. The van der Waals surface area contributed by atoms with E-state index in [2.05, 4.69) is 5.32 Å². The molecule has 0 aromatic heterocycles. The summed E-state index contributed by atoms with van der Waals surface area (Å²) in [6.07, 6.45) is 4.77. The molecule has 0 spiro atoms. The molecule has 0 radical (unpaired) electrons. The third-order valence-electron chi connectivity index (χ3n) is 3.12. The molecule has 3 heteroatoms. The normalized spacial score (nSPS) is 35.8. The van der Waals surface area contributed by atoms with Crippen LogP contribution in [0.2, 0.25) is 0 Å². The van der Waals surface area contributed by atoms with Crippen LogP contribution >= 0.6 is 11.6 Å². The van der Waals surface area contributed by atoms with Crippen molar-refractivity contribution in [1.29, 1.82) is 0 Å². The Kier molecular flexibility index (Phi) is 3.47. The predicted octanol–water partition coefficient (Wildman–Crippen LogP) is 1.77. The molecule has 0 bridgehead atoms. The van der Waals surface area contributed by atoms with E-state index in [0.29, 0.717) is 11.4 Å². The molecule has 1 N–H and O–H groups in total. The van der Waals surface area contributed by atoms with Gasteiger partial charge in [-0.1, -0.05) is 0 Å². The van der Waals surface area contributed by atoms with Gasteiger partial charge in [0.15, 0.2) is 0 Å². The molecule has 1 heterocycles. The molecule has 13 heavy (non-hydrogen) atoms. The Morgan fingerprint density at radius 3 is 2.54 bits per heavy atom. The summed E-state index contributed by atoms with van der Waals surface area (Å²) in [6.45, 7) is 3.07. The molecule has 2 rings (SSSR count). The Morgan fingerprint density at radius 1 is 1.23 bits per heavy atom. The maximum Gasteiger partial charge on any atom is 0.0469 e. The lowest BCUT2D eigenvalue weighted by atomic mass is 9.91. The molecule has 2 aliphatic rings. The van der Waals surface area contributed by atoms with Crippen molar-refractivity contribution in [3.05, 3.63) is 0 Å². The molecule has 0 aromatic rings. The fraction of sp³-hybridized carbons (Fsp3) is 1.00. The molecular formula is C10H18ClNO. The van der Waals surface area contributed by atoms with Gasteiger partial charge in [-0.05, 0) is 38.1 Å². The number of rotatable bonds is 3. The minimum Gasteiger partial charge on any atom is -0.381 e. The molecule has 2 fully saturated rings. The third-order valence-corrected chi connectivity index (χ3v) is 3.47. The first kappa shape index (κ1) is 9.75. The highest BCUT2D eigenvalue weighted by molar-refractivity contribution is 6.21. The summed E-state index contributed by atoms with van der Waals surface area (Å²) >= 11 is 5.91. The lowest BCUT2D eigenvalue weighted by Gasteiger charge is -2.33. The van der Waals surface area contributed by atoms with Crippen LogP contribution in [0, 0.1) is 5.92 Å². The Balaban J connectivity index is 1.56. The molecular weight excluding hydrogens is 186 g/mol. The van der Waals surface area contributed by atoms with E-state index in [1.165, 1.54) is 12.8 Å². The summed E-state index contributed by atoms with van der Waals surface area (Å²) < 4.78 is 5.31. The van der Waals surface area contributed by atoms with Crippen molar-refractivity contribution in [2.75, 3.05) is 19.8 Å². The lowest BCUT2D eigenvalue weighted by Crippen LogP contribution is -2.44. The first-order valence-corrected chi connectivity index (χ1v) is 5.73. The van der Waals surface area contributed by atoms with Crippen molar-refractivity contribution in [3.63, 3.8) is 0 Å². The molecule has 1 saturated carbocycles. The Morgan fingerprint density at radius 2 is 1.92 bits per heavy atom. The van der Waals surface area contributed by atoms with Crippen LogP contribution in [0.3, 0.4) is 0 Å². The van der Waals surface area contributed by atoms with E-state index in [-0.39, 0.29) is 0 Å². The number of ether oxygens (including phenoxy) is 1. The Labute approximate surface area is 85.0 Å². The summed E-state index contributed by atoms with van der Waals surface area (Å²) in [6, 6.07) is 0.699. The zero-order valence-electron chi connectivity index (χ0n) is 7.97. The van der Waals surface area contributed by atoms with E-state index in [0.717, 1.165) is 38.5 Å². The van der Waals surface area contributed by atoms with Crippen LogP contribution in [0.4, 0.5) is 0 Å². The van der Waals surface area contributed by atoms with Crippen LogP contribution in [0.5, 0.6) is 0 Å². The van der Waals surface area contributed by atoms with Crippen molar-refractivity contribution < 1.29 is 4.74 Å². The smallest absolute Gasteiger partial charge is 0.0469 e. The van der Waals surface area contributed by atoms with Gasteiger partial charge < -0.3 is 10.1 Å². The molecule has 0 aromatic carbocycles. The summed E-state index contributed by atoms with van der Waals surface area (Å²) in [4.78, 5) is 0. The average Bonchev–Trinajstić information content (AvgIpc) is 2.12. The quantitative estimate of drug-likeness (QED) is 0.707. The number of hydrogen-bond donors (Lipinski definition) is 1. The minimum absolute atomic E-state index is 0.437. The maximum atomic E-state index is 5.91.